The minimum atomic E-state index is -1.12. The van der Waals surface area contributed by atoms with Gasteiger partial charge in [0.1, 0.15) is 11.4 Å². The van der Waals surface area contributed by atoms with Gasteiger partial charge in [-0.25, -0.2) is 9.59 Å². The van der Waals surface area contributed by atoms with E-state index in [1.54, 1.807) is 66.9 Å². The third-order valence-corrected chi connectivity index (χ3v) is 5.54. The molecule has 0 aliphatic rings. The first-order valence-electron chi connectivity index (χ1n) is 12.3. The second-order valence-corrected chi connectivity index (χ2v) is 11.0. The fourth-order valence-electron chi connectivity index (χ4n) is 4.05. The normalized spacial score (nSPS) is 13.1. The van der Waals surface area contributed by atoms with Crippen LogP contribution >= 0.6 is 12.4 Å². The number of carboxylic acid groups (broad SMARTS) is 1. The molecule has 2 atom stereocenters. The topological polar surface area (TPSA) is 120 Å². The van der Waals surface area contributed by atoms with Crippen LogP contribution in [0.25, 0.3) is 0 Å². The SMILES string of the molecule is COc1cccc(CNC[C@@H](O)[C@H](Cc2cccc(NC(=O)OC(C)(C)C)c2)N(C(=O)O)C(C)(C)C)c1.Cl. The Morgan fingerprint density at radius 2 is 1.63 bits per heavy atom. The van der Waals surface area contributed by atoms with Crippen molar-refractivity contribution < 1.29 is 29.3 Å². The predicted octanol–water partition coefficient (Wildman–Crippen LogP) is 5.30. The van der Waals surface area contributed by atoms with Crippen LogP contribution in [0.2, 0.25) is 0 Å². The zero-order chi connectivity index (χ0) is 27.8. The van der Waals surface area contributed by atoms with Crippen molar-refractivity contribution in [1.29, 1.82) is 0 Å². The molecular weight excluding hydrogens is 510 g/mol. The van der Waals surface area contributed by atoms with Crippen LogP contribution in [-0.4, -0.2) is 64.2 Å². The van der Waals surface area contributed by atoms with Gasteiger partial charge in [0.25, 0.3) is 0 Å². The molecule has 4 N–H and O–H groups in total. The standard InChI is InChI=1S/C28H41N3O6.ClH/c1-27(2,3)31(26(34)35)23(24(32)18-29-17-20-11-9-13-22(15-20)36-7)16-19-10-8-12-21(14-19)30-25(33)37-28(4,5)6;/h8-15,23-24,29,32H,16-18H2,1-7H3,(H,30,33)(H,34,35);1H/t23-,24+;/m0./s1. The van der Waals surface area contributed by atoms with E-state index >= 15 is 0 Å². The van der Waals surface area contributed by atoms with Gasteiger partial charge in [-0.15, -0.1) is 12.4 Å². The number of aliphatic hydroxyl groups excluding tert-OH is 1. The highest BCUT2D eigenvalue weighted by Crippen LogP contribution is 2.24. The lowest BCUT2D eigenvalue weighted by molar-refractivity contribution is 0.00770. The number of hydrogen-bond acceptors (Lipinski definition) is 6. The van der Waals surface area contributed by atoms with Crippen LogP contribution in [0.5, 0.6) is 5.75 Å². The third kappa shape index (κ3) is 10.8. The molecule has 0 spiro atoms. The van der Waals surface area contributed by atoms with Crippen molar-refractivity contribution in [2.45, 2.75) is 77.8 Å². The first-order chi connectivity index (χ1) is 17.2. The van der Waals surface area contributed by atoms with Crippen LogP contribution < -0.4 is 15.4 Å². The van der Waals surface area contributed by atoms with E-state index in [-0.39, 0.29) is 25.4 Å². The zero-order valence-electron chi connectivity index (χ0n) is 23.3. The number of benzene rings is 2. The predicted molar refractivity (Wildman–Crippen MR) is 151 cm³/mol. The summed E-state index contributed by atoms with van der Waals surface area (Å²) in [5, 5.41) is 27.2. The number of methoxy groups -OCH3 is 1. The van der Waals surface area contributed by atoms with E-state index in [1.165, 1.54) is 4.90 Å². The number of nitrogens with zero attached hydrogens (tertiary/aromatic N) is 1. The Kier molecular flexibility index (Phi) is 12.4. The molecule has 2 amide bonds. The van der Waals surface area contributed by atoms with Gasteiger partial charge in [0.15, 0.2) is 0 Å². The Morgan fingerprint density at radius 3 is 2.21 bits per heavy atom. The number of anilines is 1. The molecule has 0 saturated carbocycles. The lowest BCUT2D eigenvalue weighted by Gasteiger charge is -2.42. The van der Waals surface area contributed by atoms with Crippen molar-refractivity contribution >= 4 is 30.3 Å². The van der Waals surface area contributed by atoms with Crippen molar-refractivity contribution in [1.82, 2.24) is 10.2 Å². The van der Waals surface area contributed by atoms with E-state index in [0.29, 0.717) is 12.2 Å². The van der Waals surface area contributed by atoms with E-state index in [0.717, 1.165) is 16.9 Å². The van der Waals surface area contributed by atoms with Crippen LogP contribution in [0, 0.1) is 0 Å². The number of amides is 2. The molecule has 0 aliphatic heterocycles. The largest absolute Gasteiger partial charge is 0.497 e. The number of nitrogens with one attached hydrogen (secondary N) is 2. The second kappa shape index (κ2) is 14.2. The summed E-state index contributed by atoms with van der Waals surface area (Å²) in [6, 6.07) is 13.9. The number of aliphatic hydroxyl groups is 1. The molecule has 2 aromatic rings. The smallest absolute Gasteiger partial charge is 0.412 e. The molecule has 0 unspecified atom stereocenters. The minimum absolute atomic E-state index is 0. The average molecular weight is 552 g/mol. The Morgan fingerprint density at radius 1 is 1.00 bits per heavy atom. The number of hydrogen-bond donors (Lipinski definition) is 4. The third-order valence-electron chi connectivity index (χ3n) is 5.54. The van der Waals surface area contributed by atoms with Gasteiger partial charge in [0.05, 0.1) is 19.3 Å². The number of halogens is 1. The molecule has 0 bridgehead atoms. The van der Waals surface area contributed by atoms with Gasteiger partial charge in [-0.2, -0.15) is 0 Å². The summed E-state index contributed by atoms with van der Waals surface area (Å²) in [5.41, 5.74) is 0.879. The van der Waals surface area contributed by atoms with Crippen LogP contribution in [0.4, 0.5) is 15.3 Å². The molecule has 10 heteroatoms. The van der Waals surface area contributed by atoms with E-state index < -0.39 is 35.5 Å². The summed E-state index contributed by atoms with van der Waals surface area (Å²) >= 11 is 0. The van der Waals surface area contributed by atoms with E-state index in [1.807, 2.05) is 30.3 Å². The van der Waals surface area contributed by atoms with Gasteiger partial charge >= 0.3 is 12.2 Å². The number of ether oxygens (including phenoxy) is 2. The Balaban J connectivity index is 0.00000722. The molecule has 9 nitrogen and oxygen atoms in total. The summed E-state index contributed by atoms with van der Waals surface area (Å²) < 4.78 is 10.6. The van der Waals surface area contributed by atoms with Crippen LogP contribution in [0.15, 0.2) is 48.5 Å². The van der Waals surface area contributed by atoms with Crippen molar-refractivity contribution in [3.05, 3.63) is 59.7 Å². The number of carbonyl (C=O) groups excluding carboxylic acids is 1. The highest BCUT2D eigenvalue weighted by atomic mass is 35.5. The highest BCUT2D eigenvalue weighted by molar-refractivity contribution is 5.85. The summed E-state index contributed by atoms with van der Waals surface area (Å²) in [7, 11) is 1.60. The monoisotopic (exact) mass is 551 g/mol. The molecule has 0 fully saturated rings. The maximum atomic E-state index is 12.3. The van der Waals surface area contributed by atoms with Crippen LogP contribution in [0.3, 0.4) is 0 Å². The molecule has 38 heavy (non-hydrogen) atoms. The lowest BCUT2D eigenvalue weighted by Crippen LogP contribution is -2.58. The summed E-state index contributed by atoms with van der Waals surface area (Å²) in [6.07, 6.45) is -2.45. The molecule has 212 valence electrons. The Bertz CT molecular complexity index is 1050. The van der Waals surface area contributed by atoms with Crippen molar-refractivity contribution in [3.8, 4) is 5.75 Å². The van der Waals surface area contributed by atoms with Crippen molar-refractivity contribution in [2.75, 3.05) is 19.0 Å². The molecule has 0 radical (unpaired) electrons. The summed E-state index contributed by atoms with van der Waals surface area (Å²) in [4.78, 5) is 25.8. The van der Waals surface area contributed by atoms with Gasteiger partial charge in [-0.05, 0) is 83.4 Å². The molecule has 0 aromatic heterocycles. The lowest BCUT2D eigenvalue weighted by atomic mass is 9.94. The van der Waals surface area contributed by atoms with E-state index in [2.05, 4.69) is 10.6 Å². The summed E-state index contributed by atoms with van der Waals surface area (Å²) in [5.74, 6) is 0.738. The molecule has 2 rings (SSSR count). The van der Waals surface area contributed by atoms with E-state index in [4.69, 9.17) is 9.47 Å². The molecular formula is C28H42ClN3O6. The van der Waals surface area contributed by atoms with E-state index in [9.17, 15) is 19.8 Å². The zero-order valence-corrected chi connectivity index (χ0v) is 24.1. The highest BCUT2D eigenvalue weighted by Gasteiger charge is 2.37. The summed E-state index contributed by atoms with van der Waals surface area (Å²) in [6.45, 7) is 11.4. The fraction of sp³-hybridized carbons (Fsp3) is 0.500. The van der Waals surface area contributed by atoms with Gasteiger partial charge in [-0.1, -0.05) is 24.3 Å². The second-order valence-electron chi connectivity index (χ2n) is 11.0. The Labute approximate surface area is 231 Å². The average Bonchev–Trinajstić information content (AvgIpc) is 2.76. The number of carbonyl (C=O) groups is 2. The van der Waals surface area contributed by atoms with Crippen molar-refractivity contribution in [2.24, 2.45) is 0 Å². The Hall–Kier alpha value is -3.01. The van der Waals surface area contributed by atoms with Crippen LogP contribution in [-0.2, 0) is 17.7 Å². The maximum absolute atomic E-state index is 12.3. The fourth-order valence-corrected chi connectivity index (χ4v) is 4.05. The van der Waals surface area contributed by atoms with Gasteiger partial charge in [-0.3, -0.25) is 10.2 Å². The quantitative estimate of drug-likeness (QED) is 0.316. The molecule has 0 heterocycles. The van der Waals surface area contributed by atoms with Gasteiger partial charge < -0.3 is 25.0 Å². The van der Waals surface area contributed by atoms with Crippen molar-refractivity contribution in [3.63, 3.8) is 0 Å². The molecule has 0 aliphatic carbocycles. The first-order valence-corrected chi connectivity index (χ1v) is 12.3. The molecule has 2 aromatic carbocycles. The number of rotatable bonds is 10. The molecule has 0 saturated heterocycles. The van der Waals surface area contributed by atoms with Crippen LogP contribution in [0.1, 0.15) is 52.7 Å². The van der Waals surface area contributed by atoms with Gasteiger partial charge in [0.2, 0.25) is 0 Å². The van der Waals surface area contributed by atoms with Gasteiger partial charge in [0, 0.05) is 24.3 Å². The first kappa shape index (κ1) is 33.0. The maximum Gasteiger partial charge on any atom is 0.412 e. The minimum Gasteiger partial charge on any atom is -0.497 e.